The van der Waals surface area contributed by atoms with Gasteiger partial charge >= 0.3 is 0 Å². The van der Waals surface area contributed by atoms with E-state index in [1.54, 1.807) is 6.20 Å². The van der Waals surface area contributed by atoms with Crippen molar-refractivity contribution in [3.8, 4) is 0 Å². The van der Waals surface area contributed by atoms with E-state index in [-0.39, 0.29) is 0 Å². The van der Waals surface area contributed by atoms with Crippen molar-refractivity contribution in [3.05, 3.63) is 28.9 Å². The van der Waals surface area contributed by atoms with Gasteiger partial charge in [-0.05, 0) is 34.2 Å². The van der Waals surface area contributed by atoms with E-state index in [1.807, 2.05) is 12.4 Å². The number of nitrogens with one attached hydrogen (secondary N) is 1. The molecule has 0 spiro atoms. The van der Waals surface area contributed by atoms with Crippen molar-refractivity contribution in [2.45, 2.75) is 26.3 Å². The van der Waals surface area contributed by atoms with Crippen LogP contribution >= 0.6 is 15.9 Å². The minimum atomic E-state index is 0.348. The Balaban J connectivity index is 1.63. The normalized spacial score (nSPS) is 18.5. The zero-order chi connectivity index (χ0) is 14.0. The van der Waals surface area contributed by atoms with Gasteiger partial charge in [0.15, 0.2) is 5.65 Å². The van der Waals surface area contributed by atoms with Crippen LogP contribution in [-0.2, 0) is 11.3 Å². The number of hydrogen-bond donors (Lipinski definition) is 1. The summed E-state index contributed by atoms with van der Waals surface area (Å²) in [6.07, 6.45) is 7.89. The molecule has 20 heavy (non-hydrogen) atoms. The standard InChI is InChI=1S/C14H19BrN4O/c1-14(2-4-20-5-3-14)10-16-6-11-7-18-13-8-17-12(15)9-19(11)13/h7-9,16H,2-6,10H2,1H3. The molecule has 1 saturated heterocycles. The number of hydrogen-bond acceptors (Lipinski definition) is 4. The van der Waals surface area contributed by atoms with E-state index < -0.39 is 0 Å². The van der Waals surface area contributed by atoms with E-state index in [0.29, 0.717) is 5.41 Å². The number of nitrogens with zero attached hydrogens (tertiary/aromatic N) is 3. The van der Waals surface area contributed by atoms with Gasteiger partial charge in [-0.25, -0.2) is 9.97 Å². The second-order valence-electron chi connectivity index (χ2n) is 5.71. The molecule has 0 amide bonds. The van der Waals surface area contributed by atoms with Crippen LogP contribution in [0.2, 0.25) is 0 Å². The average Bonchev–Trinajstić information content (AvgIpc) is 2.82. The maximum Gasteiger partial charge on any atom is 0.155 e. The lowest BCUT2D eigenvalue weighted by molar-refractivity contribution is 0.0239. The Morgan fingerprint density at radius 2 is 2.15 bits per heavy atom. The predicted molar refractivity (Wildman–Crippen MR) is 80.6 cm³/mol. The van der Waals surface area contributed by atoms with Gasteiger partial charge in [0.2, 0.25) is 0 Å². The maximum atomic E-state index is 5.43. The molecular weight excluding hydrogens is 320 g/mol. The Morgan fingerprint density at radius 1 is 1.35 bits per heavy atom. The highest BCUT2D eigenvalue weighted by atomic mass is 79.9. The van der Waals surface area contributed by atoms with E-state index in [1.165, 1.54) is 0 Å². The van der Waals surface area contributed by atoms with Crippen LogP contribution in [0.25, 0.3) is 5.65 Å². The van der Waals surface area contributed by atoms with Gasteiger partial charge in [-0.3, -0.25) is 4.40 Å². The molecule has 5 nitrogen and oxygen atoms in total. The Morgan fingerprint density at radius 3 is 2.95 bits per heavy atom. The molecule has 1 aliphatic heterocycles. The Hall–Kier alpha value is -0.980. The SMILES string of the molecule is CC1(CNCc2cnc3cnc(Br)cn23)CCOCC1. The predicted octanol–water partition coefficient (Wildman–Crippen LogP) is 2.40. The number of halogens is 1. The van der Waals surface area contributed by atoms with Gasteiger partial charge in [0, 0.05) is 32.5 Å². The van der Waals surface area contributed by atoms with Gasteiger partial charge in [0.25, 0.3) is 0 Å². The van der Waals surface area contributed by atoms with E-state index in [0.717, 1.165) is 55.1 Å². The molecule has 1 N–H and O–H groups in total. The summed E-state index contributed by atoms with van der Waals surface area (Å²) >= 11 is 3.40. The monoisotopic (exact) mass is 338 g/mol. The van der Waals surface area contributed by atoms with E-state index >= 15 is 0 Å². The maximum absolute atomic E-state index is 5.43. The molecule has 108 valence electrons. The Bertz CT molecular complexity index is 592. The lowest BCUT2D eigenvalue weighted by Gasteiger charge is -2.33. The zero-order valence-corrected chi connectivity index (χ0v) is 13.2. The first-order valence-electron chi connectivity index (χ1n) is 6.92. The van der Waals surface area contributed by atoms with Crippen LogP contribution in [0.1, 0.15) is 25.5 Å². The van der Waals surface area contributed by atoms with Gasteiger partial charge in [-0.2, -0.15) is 0 Å². The first-order valence-corrected chi connectivity index (χ1v) is 7.72. The summed E-state index contributed by atoms with van der Waals surface area (Å²) in [4.78, 5) is 8.55. The summed E-state index contributed by atoms with van der Waals surface area (Å²) in [7, 11) is 0. The van der Waals surface area contributed by atoms with Crippen molar-refractivity contribution in [2.75, 3.05) is 19.8 Å². The molecule has 0 saturated carbocycles. The zero-order valence-electron chi connectivity index (χ0n) is 11.6. The first-order chi connectivity index (χ1) is 9.66. The van der Waals surface area contributed by atoms with Crippen LogP contribution in [0.5, 0.6) is 0 Å². The molecule has 1 fully saturated rings. The molecule has 6 heteroatoms. The molecule has 0 aromatic carbocycles. The van der Waals surface area contributed by atoms with Crippen LogP contribution in [0.3, 0.4) is 0 Å². The summed E-state index contributed by atoms with van der Waals surface area (Å²) in [5, 5.41) is 3.56. The number of ether oxygens (including phenoxy) is 1. The molecule has 0 atom stereocenters. The quantitative estimate of drug-likeness (QED) is 0.929. The molecule has 2 aromatic heterocycles. The van der Waals surface area contributed by atoms with Crippen LogP contribution in [0.4, 0.5) is 0 Å². The third-order valence-corrected chi connectivity index (χ3v) is 4.41. The molecule has 0 aliphatic carbocycles. The highest BCUT2D eigenvalue weighted by molar-refractivity contribution is 9.10. The third kappa shape index (κ3) is 3.02. The highest BCUT2D eigenvalue weighted by Crippen LogP contribution is 2.28. The second kappa shape index (κ2) is 5.79. The van der Waals surface area contributed by atoms with Crippen LogP contribution < -0.4 is 5.32 Å². The van der Waals surface area contributed by atoms with Gasteiger partial charge in [-0.1, -0.05) is 6.92 Å². The van der Waals surface area contributed by atoms with Crippen molar-refractivity contribution in [2.24, 2.45) is 5.41 Å². The minimum Gasteiger partial charge on any atom is -0.381 e. The molecule has 2 aromatic rings. The average molecular weight is 339 g/mol. The summed E-state index contributed by atoms with van der Waals surface area (Å²) in [5.41, 5.74) is 2.38. The number of rotatable bonds is 4. The fourth-order valence-electron chi connectivity index (χ4n) is 2.58. The van der Waals surface area contributed by atoms with Gasteiger partial charge in [-0.15, -0.1) is 0 Å². The van der Waals surface area contributed by atoms with E-state index in [4.69, 9.17) is 4.74 Å². The third-order valence-electron chi connectivity index (χ3n) is 4.00. The summed E-state index contributed by atoms with van der Waals surface area (Å²) in [6.45, 7) is 5.92. The molecule has 3 rings (SSSR count). The molecule has 0 bridgehead atoms. The first kappa shape index (κ1) is 14.0. The summed E-state index contributed by atoms with van der Waals surface area (Å²) in [5.74, 6) is 0. The second-order valence-corrected chi connectivity index (χ2v) is 6.53. The smallest absolute Gasteiger partial charge is 0.155 e. The Kier molecular flexibility index (Phi) is 4.05. The van der Waals surface area contributed by atoms with Crippen LogP contribution in [-0.4, -0.2) is 34.1 Å². The van der Waals surface area contributed by atoms with Crippen LogP contribution in [0, 0.1) is 5.41 Å². The molecule has 0 unspecified atom stereocenters. The Labute approximate surface area is 126 Å². The van der Waals surface area contributed by atoms with Crippen molar-refractivity contribution in [1.82, 2.24) is 19.7 Å². The van der Waals surface area contributed by atoms with Crippen molar-refractivity contribution < 1.29 is 4.74 Å². The van der Waals surface area contributed by atoms with Gasteiger partial charge in [0.05, 0.1) is 18.1 Å². The van der Waals surface area contributed by atoms with Crippen molar-refractivity contribution >= 4 is 21.6 Å². The summed E-state index contributed by atoms with van der Waals surface area (Å²) < 4.78 is 8.32. The molecule has 1 aliphatic rings. The largest absolute Gasteiger partial charge is 0.381 e. The molecular formula is C14H19BrN4O. The fraction of sp³-hybridized carbons (Fsp3) is 0.571. The van der Waals surface area contributed by atoms with E-state index in [9.17, 15) is 0 Å². The van der Waals surface area contributed by atoms with Gasteiger partial charge in [0.1, 0.15) is 4.60 Å². The van der Waals surface area contributed by atoms with Crippen molar-refractivity contribution in [1.29, 1.82) is 0 Å². The molecule has 0 radical (unpaired) electrons. The number of imidazole rings is 1. The topological polar surface area (TPSA) is 51.5 Å². The lowest BCUT2D eigenvalue weighted by Crippen LogP contribution is -2.36. The fourth-order valence-corrected chi connectivity index (χ4v) is 2.89. The highest BCUT2D eigenvalue weighted by Gasteiger charge is 2.26. The van der Waals surface area contributed by atoms with Crippen LogP contribution in [0.15, 0.2) is 23.2 Å². The number of aromatic nitrogens is 3. The van der Waals surface area contributed by atoms with E-state index in [2.05, 4.69) is 42.5 Å². The lowest BCUT2D eigenvalue weighted by atomic mass is 9.82. The minimum absolute atomic E-state index is 0.348. The van der Waals surface area contributed by atoms with Crippen molar-refractivity contribution in [3.63, 3.8) is 0 Å². The molecule has 3 heterocycles. The van der Waals surface area contributed by atoms with Gasteiger partial charge < -0.3 is 10.1 Å². The summed E-state index contributed by atoms with van der Waals surface area (Å²) in [6, 6.07) is 0. The number of fused-ring (bicyclic) bond motifs is 1.